The molecule has 0 amide bonds. The quantitative estimate of drug-likeness (QED) is 0.670. The van der Waals surface area contributed by atoms with E-state index in [0.717, 1.165) is 11.1 Å². The van der Waals surface area contributed by atoms with E-state index in [9.17, 15) is 15.2 Å². The van der Waals surface area contributed by atoms with Crippen molar-refractivity contribution in [3.8, 4) is 5.75 Å². The summed E-state index contributed by atoms with van der Waals surface area (Å²) in [6, 6.07) is 13.4. The Morgan fingerprint density at radius 3 is 2.25 bits per heavy atom. The maximum absolute atomic E-state index is 10.5. The number of nitrogens with zero attached hydrogens (tertiary/aromatic N) is 1. The number of rotatable bonds is 5. The Morgan fingerprint density at radius 2 is 1.75 bits per heavy atom. The van der Waals surface area contributed by atoms with Crippen LogP contribution in [0.15, 0.2) is 48.5 Å². The van der Waals surface area contributed by atoms with Gasteiger partial charge < -0.3 is 9.84 Å². The minimum absolute atomic E-state index is 0.0648. The minimum Gasteiger partial charge on any atom is -0.489 e. The lowest BCUT2D eigenvalue weighted by Crippen LogP contribution is -1.97. The van der Waals surface area contributed by atoms with E-state index in [1.165, 1.54) is 12.1 Å². The topological polar surface area (TPSA) is 72.6 Å². The number of hydrogen-bond acceptors (Lipinski definition) is 4. The normalized spacial score (nSPS) is 11.9. The van der Waals surface area contributed by atoms with Crippen molar-refractivity contribution in [3.05, 3.63) is 69.8 Å². The van der Waals surface area contributed by atoms with Crippen molar-refractivity contribution < 1.29 is 14.8 Å². The molecule has 1 atom stereocenters. The van der Waals surface area contributed by atoms with E-state index < -0.39 is 11.0 Å². The highest BCUT2D eigenvalue weighted by molar-refractivity contribution is 5.33. The number of non-ortho nitro benzene ring substituents is 1. The fourth-order valence-electron chi connectivity index (χ4n) is 1.72. The van der Waals surface area contributed by atoms with Gasteiger partial charge in [-0.05, 0) is 42.3 Å². The van der Waals surface area contributed by atoms with Crippen LogP contribution in [0.2, 0.25) is 0 Å². The van der Waals surface area contributed by atoms with Crippen molar-refractivity contribution in [2.75, 3.05) is 0 Å². The van der Waals surface area contributed by atoms with Crippen LogP contribution < -0.4 is 4.74 Å². The first-order valence-electron chi connectivity index (χ1n) is 6.20. The van der Waals surface area contributed by atoms with Crippen molar-refractivity contribution in [3.63, 3.8) is 0 Å². The molecule has 0 aliphatic rings. The zero-order chi connectivity index (χ0) is 14.5. The standard InChI is InChI=1S/C15H15NO4/c1-11(17)13-4-8-15(9-5-13)20-10-12-2-6-14(7-3-12)16(18)19/h2-9,11,17H,10H2,1H3/t11-/m0/s1. The first-order chi connectivity index (χ1) is 9.56. The lowest BCUT2D eigenvalue weighted by Gasteiger charge is -2.08. The second-order valence-corrected chi connectivity index (χ2v) is 4.46. The van der Waals surface area contributed by atoms with Crippen molar-refractivity contribution in [1.29, 1.82) is 0 Å². The molecule has 0 fully saturated rings. The molecule has 0 radical (unpaired) electrons. The molecule has 0 heterocycles. The van der Waals surface area contributed by atoms with Crippen LogP contribution in [0.1, 0.15) is 24.2 Å². The van der Waals surface area contributed by atoms with Crippen LogP contribution in [0.4, 0.5) is 5.69 Å². The van der Waals surface area contributed by atoms with E-state index in [2.05, 4.69) is 0 Å². The zero-order valence-electron chi connectivity index (χ0n) is 11.0. The van der Waals surface area contributed by atoms with Gasteiger partial charge in [-0.1, -0.05) is 12.1 Å². The van der Waals surface area contributed by atoms with Gasteiger partial charge in [-0.25, -0.2) is 0 Å². The second kappa shape index (κ2) is 6.16. The number of nitro groups is 1. The molecule has 0 saturated carbocycles. The molecule has 5 heteroatoms. The Labute approximate surface area is 116 Å². The molecule has 0 spiro atoms. The van der Waals surface area contributed by atoms with Crippen LogP contribution in [0.25, 0.3) is 0 Å². The third-order valence-electron chi connectivity index (χ3n) is 2.92. The number of benzene rings is 2. The maximum atomic E-state index is 10.5. The van der Waals surface area contributed by atoms with Crippen molar-refractivity contribution in [2.24, 2.45) is 0 Å². The molecule has 0 aliphatic heterocycles. The van der Waals surface area contributed by atoms with Gasteiger partial charge >= 0.3 is 0 Å². The molecule has 0 bridgehead atoms. The number of ether oxygens (including phenoxy) is 1. The van der Waals surface area contributed by atoms with Gasteiger partial charge in [0.1, 0.15) is 12.4 Å². The predicted molar refractivity (Wildman–Crippen MR) is 74.5 cm³/mol. The Balaban J connectivity index is 1.96. The van der Waals surface area contributed by atoms with Gasteiger partial charge in [0.05, 0.1) is 11.0 Å². The molecule has 2 aromatic carbocycles. The van der Waals surface area contributed by atoms with Gasteiger partial charge in [-0.2, -0.15) is 0 Å². The number of nitro benzene ring substituents is 1. The third-order valence-corrected chi connectivity index (χ3v) is 2.92. The smallest absolute Gasteiger partial charge is 0.269 e. The molecule has 0 unspecified atom stereocenters. The van der Waals surface area contributed by atoms with E-state index >= 15 is 0 Å². The molecular formula is C15H15NO4. The van der Waals surface area contributed by atoms with Gasteiger partial charge in [0, 0.05) is 12.1 Å². The SMILES string of the molecule is C[C@H](O)c1ccc(OCc2ccc([N+](=O)[O-])cc2)cc1. The largest absolute Gasteiger partial charge is 0.489 e. The minimum atomic E-state index is -0.501. The highest BCUT2D eigenvalue weighted by Gasteiger charge is 2.05. The van der Waals surface area contributed by atoms with Crippen LogP contribution in [-0.4, -0.2) is 10.0 Å². The van der Waals surface area contributed by atoms with Crippen molar-refractivity contribution in [2.45, 2.75) is 19.6 Å². The summed E-state index contributed by atoms with van der Waals surface area (Å²) in [7, 11) is 0. The van der Waals surface area contributed by atoms with E-state index in [0.29, 0.717) is 12.4 Å². The van der Waals surface area contributed by atoms with Gasteiger partial charge in [0.15, 0.2) is 0 Å². The molecule has 2 aromatic rings. The van der Waals surface area contributed by atoms with E-state index in [-0.39, 0.29) is 5.69 Å². The van der Waals surface area contributed by atoms with E-state index in [4.69, 9.17) is 4.74 Å². The Kier molecular flexibility index (Phi) is 4.32. The van der Waals surface area contributed by atoms with E-state index in [1.807, 2.05) is 0 Å². The summed E-state index contributed by atoms with van der Waals surface area (Å²) < 4.78 is 5.58. The maximum Gasteiger partial charge on any atom is 0.269 e. The van der Waals surface area contributed by atoms with Crippen molar-refractivity contribution in [1.82, 2.24) is 0 Å². The summed E-state index contributed by atoms with van der Waals surface area (Å²) >= 11 is 0. The molecule has 2 rings (SSSR count). The lowest BCUT2D eigenvalue weighted by atomic mass is 10.1. The lowest BCUT2D eigenvalue weighted by molar-refractivity contribution is -0.384. The summed E-state index contributed by atoms with van der Waals surface area (Å²) in [5.41, 5.74) is 1.75. The molecule has 20 heavy (non-hydrogen) atoms. The number of hydrogen-bond donors (Lipinski definition) is 1. The molecule has 104 valence electrons. The van der Waals surface area contributed by atoms with Gasteiger partial charge in [0.2, 0.25) is 0 Å². The molecule has 0 aromatic heterocycles. The van der Waals surface area contributed by atoms with Crippen LogP contribution in [0, 0.1) is 10.1 Å². The molecule has 1 N–H and O–H groups in total. The van der Waals surface area contributed by atoms with Gasteiger partial charge in [-0.3, -0.25) is 10.1 Å². The highest BCUT2D eigenvalue weighted by Crippen LogP contribution is 2.19. The summed E-state index contributed by atoms with van der Waals surface area (Å²) in [6.45, 7) is 2.04. The molecular weight excluding hydrogens is 258 g/mol. The van der Waals surface area contributed by atoms with Crippen LogP contribution in [-0.2, 0) is 6.61 Å². The Morgan fingerprint density at radius 1 is 1.15 bits per heavy atom. The zero-order valence-corrected chi connectivity index (χ0v) is 11.0. The summed E-state index contributed by atoms with van der Waals surface area (Å²) in [4.78, 5) is 10.1. The fraction of sp³-hybridized carbons (Fsp3) is 0.200. The number of aliphatic hydroxyl groups is 1. The van der Waals surface area contributed by atoms with Crippen LogP contribution in [0.5, 0.6) is 5.75 Å². The molecule has 5 nitrogen and oxygen atoms in total. The monoisotopic (exact) mass is 273 g/mol. The van der Waals surface area contributed by atoms with Crippen LogP contribution in [0.3, 0.4) is 0 Å². The highest BCUT2D eigenvalue weighted by atomic mass is 16.6. The second-order valence-electron chi connectivity index (χ2n) is 4.46. The summed E-state index contributed by atoms with van der Waals surface area (Å²) in [5.74, 6) is 0.688. The van der Waals surface area contributed by atoms with E-state index in [1.54, 1.807) is 43.3 Å². The predicted octanol–water partition coefficient (Wildman–Crippen LogP) is 3.23. The molecule has 0 saturated heterocycles. The molecule has 0 aliphatic carbocycles. The third kappa shape index (κ3) is 3.55. The summed E-state index contributed by atoms with van der Waals surface area (Å²) in [6.07, 6.45) is -0.501. The average molecular weight is 273 g/mol. The van der Waals surface area contributed by atoms with Gasteiger partial charge in [-0.15, -0.1) is 0 Å². The van der Waals surface area contributed by atoms with Crippen LogP contribution >= 0.6 is 0 Å². The van der Waals surface area contributed by atoms with Crippen molar-refractivity contribution >= 4 is 5.69 Å². The first kappa shape index (κ1) is 14.0. The van der Waals surface area contributed by atoms with Gasteiger partial charge in [0.25, 0.3) is 5.69 Å². The average Bonchev–Trinajstić information content (AvgIpc) is 2.46. The first-order valence-corrected chi connectivity index (χ1v) is 6.20. The Bertz CT molecular complexity index is 576. The summed E-state index contributed by atoms with van der Waals surface area (Å²) in [5, 5.41) is 19.9. The Hall–Kier alpha value is -2.40. The number of aliphatic hydroxyl groups excluding tert-OH is 1. The fourth-order valence-corrected chi connectivity index (χ4v) is 1.72.